The summed E-state index contributed by atoms with van der Waals surface area (Å²) in [7, 11) is 2.07. The van der Waals surface area contributed by atoms with Crippen LogP contribution in [0, 0.1) is 0 Å². The van der Waals surface area contributed by atoms with Crippen molar-refractivity contribution in [3.63, 3.8) is 0 Å². The number of aryl methyl sites for hydroxylation is 1. The number of thiophene rings is 1. The largest absolute Gasteiger partial charge is 0.358 e. The van der Waals surface area contributed by atoms with Crippen molar-refractivity contribution in [1.82, 2.24) is 19.3 Å². The number of benzene rings is 1. The summed E-state index contributed by atoms with van der Waals surface area (Å²) in [6.45, 7) is 2.19. The predicted octanol–water partition coefficient (Wildman–Crippen LogP) is 5.46. The van der Waals surface area contributed by atoms with Crippen molar-refractivity contribution >= 4 is 51.4 Å². The lowest BCUT2D eigenvalue weighted by molar-refractivity contribution is 0.332. The van der Waals surface area contributed by atoms with Crippen LogP contribution in [0.4, 0.5) is 5.82 Å². The summed E-state index contributed by atoms with van der Waals surface area (Å²) in [5.74, 6) is 1.98. The van der Waals surface area contributed by atoms with Gasteiger partial charge in [-0.25, -0.2) is 9.67 Å². The topological polar surface area (TPSA) is 47.7 Å². The molecule has 0 radical (unpaired) electrons. The molecule has 138 valence electrons. The first-order valence-corrected chi connectivity index (χ1v) is 10.3. The quantitative estimate of drug-likeness (QED) is 0.470. The van der Waals surface area contributed by atoms with Gasteiger partial charge in [-0.3, -0.25) is 0 Å². The second kappa shape index (κ2) is 5.99. The number of fused-ring (bicyclic) bond motifs is 2. The van der Waals surface area contributed by atoms with Crippen LogP contribution < -0.4 is 5.32 Å². The van der Waals surface area contributed by atoms with Crippen LogP contribution in [0.3, 0.4) is 0 Å². The normalized spacial score (nSPS) is 22.0. The standard InChI is InChI=1S/C19H17Cl2N5S/c1-19(18-23-14-9-27-10-16(14)25(18)2)8-15(26-17(24-19)5-6-22-26)11-3-4-12(20)13(21)7-11/h3-7,9-10,15,24H,8H2,1-2H3. The molecule has 0 aliphatic carbocycles. The van der Waals surface area contributed by atoms with Gasteiger partial charge in [0.1, 0.15) is 11.6 Å². The molecule has 5 nitrogen and oxygen atoms in total. The van der Waals surface area contributed by atoms with Crippen LogP contribution in [0.25, 0.3) is 11.0 Å². The van der Waals surface area contributed by atoms with Crippen molar-refractivity contribution in [2.24, 2.45) is 7.05 Å². The fourth-order valence-corrected chi connectivity index (χ4v) is 5.09. The molecule has 0 spiro atoms. The highest BCUT2D eigenvalue weighted by atomic mass is 35.5. The number of hydrogen-bond acceptors (Lipinski definition) is 4. The van der Waals surface area contributed by atoms with E-state index in [2.05, 4.69) is 39.7 Å². The summed E-state index contributed by atoms with van der Waals surface area (Å²) in [6.07, 6.45) is 2.60. The van der Waals surface area contributed by atoms with Gasteiger partial charge in [-0.2, -0.15) is 5.10 Å². The zero-order valence-electron chi connectivity index (χ0n) is 14.8. The number of rotatable bonds is 2. The second-order valence-corrected chi connectivity index (χ2v) is 8.71. The molecule has 0 bridgehead atoms. The maximum Gasteiger partial charge on any atom is 0.135 e. The average Bonchev–Trinajstić information content (AvgIpc) is 3.34. The first-order valence-electron chi connectivity index (χ1n) is 8.62. The van der Waals surface area contributed by atoms with Gasteiger partial charge in [-0.15, -0.1) is 11.3 Å². The molecular formula is C19H17Cl2N5S. The van der Waals surface area contributed by atoms with Crippen LogP contribution in [0.1, 0.15) is 30.8 Å². The van der Waals surface area contributed by atoms with Crippen LogP contribution in [-0.4, -0.2) is 19.3 Å². The monoisotopic (exact) mass is 417 g/mol. The minimum atomic E-state index is -0.349. The van der Waals surface area contributed by atoms with Gasteiger partial charge in [0.05, 0.1) is 38.9 Å². The van der Waals surface area contributed by atoms with Crippen LogP contribution in [0.2, 0.25) is 10.0 Å². The van der Waals surface area contributed by atoms with Crippen LogP contribution in [0.5, 0.6) is 0 Å². The number of hydrogen-bond donors (Lipinski definition) is 1. The summed E-state index contributed by atoms with van der Waals surface area (Å²) in [4.78, 5) is 4.92. The van der Waals surface area contributed by atoms with Gasteiger partial charge in [0, 0.05) is 30.3 Å². The number of aromatic nitrogens is 4. The maximum atomic E-state index is 6.29. The molecule has 1 N–H and O–H groups in total. The summed E-state index contributed by atoms with van der Waals surface area (Å²) in [5.41, 5.74) is 2.92. The summed E-state index contributed by atoms with van der Waals surface area (Å²) < 4.78 is 4.18. The van der Waals surface area contributed by atoms with Crippen LogP contribution >= 0.6 is 34.5 Å². The van der Waals surface area contributed by atoms with Crippen LogP contribution in [-0.2, 0) is 12.6 Å². The molecule has 27 heavy (non-hydrogen) atoms. The highest BCUT2D eigenvalue weighted by Gasteiger charge is 2.41. The lowest BCUT2D eigenvalue weighted by atomic mass is 9.86. The van der Waals surface area contributed by atoms with E-state index in [0.29, 0.717) is 10.0 Å². The van der Waals surface area contributed by atoms with E-state index >= 15 is 0 Å². The molecule has 1 aliphatic rings. The highest BCUT2D eigenvalue weighted by molar-refractivity contribution is 7.09. The third kappa shape index (κ3) is 2.58. The third-order valence-corrected chi connectivity index (χ3v) is 6.78. The number of nitrogens with zero attached hydrogens (tertiary/aromatic N) is 4. The van der Waals surface area contributed by atoms with E-state index in [9.17, 15) is 0 Å². The van der Waals surface area contributed by atoms with Gasteiger partial charge in [0.25, 0.3) is 0 Å². The predicted molar refractivity (Wildman–Crippen MR) is 111 cm³/mol. The van der Waals surface area contributed by atoms with Crippen LogP contribution in [0.15, 0.2) is 41.2 Å². The van der Waals surface area contributed by atoms with E-state index in [0.717, 1.165) is 34.7 Å². The van der Waals surface area contributed by atoms with Crippen molar-refractivity contribution in [3.8, 4) is 0 Å². The van der Waals surface area contributed by atoms with E-state index in [1.165, 1.54) is 0 Å². The summed E-state index contributed by atoms with van der Waals surface area (Å²) in [5, 5.41) is 13.5. The highest BCUT2D eigenvalue weighted by Crippen LogP contribution is 2.43. The van der Waals surface area contributed by atoms with Crippen molar-refractivity contribution in [2.75, 3.05) is 5.32 Å². The molecule has 8 heteroatoms. The Bertz CT molecular complexity index is 1160. The lowest BCUT2D eigenvalue weighted by Crippen LogP contribution is -2.42. The van der Waals surface area contributed by atoms with Gasteiger partial charge in [-0.1, -0.05) is 29.3 Å². The molecule has 0 amide bonds. The molecule has 0 saturated heterocycles. The molecule has 2 unspecified atom stereocenters. The minimum absolute atomic E-state index is 0.0323. The number of imidazole rings is 1. The van der Waals surface area contributed by atoms with Gasteiger partial charge in [0.15, 0.2) is 0 Å². The molecule has 0 saturated carbocycles. The van der Waals surface area contributed by atoms with Crippen molar-refractivity contribution in [1.29, 1.82) is 0 Å². The van der Waals surface area contributed by atoms with E-state index < -0.39 is 0 Å². The number of anilines is 1. The first-order chi connectivity index (χ1) is 13.0. The van der Waals surface area contributed by atoms with E-state index in [4.69, 9.17) is 28.2 Å². The molecule has 4 heterocycles. The van der Waals surface area contributed by atoms with Gasteiger partial charge >= 0.3 is 0 Å². The van der Waals surface area contributed by atoms with Gasteiger partial charge < -0.3 is 9.88 Å². The lowest BCUT2D eigenvalue weighted by Gasteiger charge is -2.40. The first kappa shape index (κ1) is 17.1. The Labute approximate surface area is 170 Å². The molecule has 3 aromatic heterocycles. The summed E-state index contributed by atoms with van der Waals surface area (Å²) >= 11 is 14.1. The fourth-order valence-electron chi connectivity index (χ4n) is 4.01. The van der Waals surface area contributed by atoms with E-state index in [1.54, 1.807) is 11.3 Å². The van der Waals surface area contributed by atoms with E-state index in [-0.39, 0.29) is 11.6 Å². The Balaban J connectivity index is 1.64. The zero-order valence-corrected chi connectivity index (χ0v) is 17.1. The Hall–Kier alpha value is -2.02. The van der Waals surface area contributed by atoms with Crippen molar-refractivity contribution in [2.45, 2.75) is 24.9 Å². The van der Waals surface area contributed by atoms with Gasteiger partial charge in [0.2, 0.25) is 0 Å². The molecular weight excluding hydrogens is 401 g/mol. The molecule has 0 fully saturated rings. The zero-order chi connectivity index (χ0) is 18.8. The minimum Gasteiger partial charge on any atom is -0.358 e. The van der Waals surface area contributed by atoms with Crippen molar-refractivity contribution < 1.29 is 0 Å². The molecule has 5 rings (SSSR count). The molecule has 4 aromatic rings. The molecule has 1 aromatic carbocycles. The third-order valence-electron chi connectivity index (χ3n) is 5.32. The Kier molecular flexibility index (Phi) is 3.79. The van der Waals surface area contributed by atoms with E-state index in [1.807, 2.05) is 35.1 Å². The Morgan fingerprint density at radius 2 is 2.07 bits per heavy atom. The molecule has 1 aliphatic heterocycles. The number of halogens is 2. The second-order valence-electron chi connectivity index (χ2n) is 7.15. The van der Waals surface area contributed by atoms with Gasteiger partial charge in [-0.05, 0) is 24.6 Å². The van der Waals surface area contributed by atoms with Crippen molar-refractivity contribution in [3.05, 3.63) is 62.7 Å². The average molecular weight is 418 g/mol. The fraction of sp³-hybridized carbons (Fsp3) is 0.263. The molecule has 2 atom stereocenters. The number of nitrogens with one attached hydrogen (secondary N) is 1. The summed E-state index contributed by atoms with van der Waals surface area (Å²) in [6, 6.07) is 7.82. The Morgan fingerprint density at radius 1 is 1.22 bits per heavy atom. The smallest absolute Gasteiger partial charge is 0.135 e. The SMILES string of the molecule is Cn1c(C2(C)CC(c3ccc(Cl)c(Cl)c3)n3nccc3N2)nc2cscc21. The maximum absolute atomic E-state index is 6.29. The Morgan fingerprint density at radius 3 is 2.85 bits per heavy atom.